The van der Waals surface area contributed by atoms with Crippen LogP contribution in [0.3, 0.4) is 0 Å². The van der Waals surface area contributed by atoms with E-state index in [1.165, 1.54) is 0 Å². The number of rotatable bonds is 2. The highest BCUT2D eigenvalue weighted by molar-refractivity contribution is 6.00. The number of fused-ring (bicyclic) bond motifs is 2. The van der Waals surface area contributed by atoms with E-state index in [0.717, 1.165) is 29.8 Å². The first-order valence-corrected chi connectivity index (χ1v) is 8.13. The van der Waals surface area contributed by atoms with Gasteiger partial charge in [-0.2, -0.15) is 5.10 Å². The van der Waals surface area contributed by atoms with Gasteiger partial charge in [0.1, 0.15) is 5.71 Å². The Hall–Kier alpha value is -2.95. The Bertz CT molecular complexity index is 976. The fourth-order valence-corrected chi connectivity index (χ4v) is 3.10. The zero-order valence-electron chi connectivity index (χ0n) is 13.4. The van der Waals surface area contributed by atoms with E-state index in [0.29, 0.717) is 11.2 Å². The molecule has 3 aromatic rings. The van der Waals surface area contributed by atoms with Crippen molar-refractivity contribution in [3.63, 3.8) is 0 Å². The normalized spacial score (nSPS) is 18.5. The minimum Gasteiger partial charge on any atom is -0.288 e. The van der Waals surface area contributed by atoms with Crippen LogP contribution in [-0.2, 0) is 0 Å². The number of hydrogen-bond donors (Lipinski definition) is 1. The number of benzene rings is 2. The number of aromatic nitrogens is 2. The highest BCUT2D eigenvalue weighted by Gasteiger charge is 2.25. The van der Waals surface area contributed by atoms with Crippen molar-refractivity contribution >= 4 is 22.3 Å². The number of hydrazone groups is 1. The summed E-state index contributed by atoms with van der Waals surface area (Å²) in [6.45, 7) is 2.06. The van der Waals surface area contributed by atoms with Gasteiger partial charge in [0.05, 0.1) is 16.6 Å². The van der Waals surface area contributed by atoms with E-state index < -0.39 is 0 Å². The van der Waals surface area contributed by atoms with Gasteiger partial charge in [0.2, 0.25) is 0 Å². The lowest BCUT2D eigenvalue weighted by molar-refractivity contribution is 0.475. The van der Waals surface area contributed by atoms with Crippen molar-refractivity contribution in [3.8, 4) is 0 Å². The summed E-state index contributed by atoms with van der Waals surface area (Å²) in [4.78, 5) is 17.6. The zero-order chi connectivity index (χ0) is 16.5. The molecule has 0 saturated heterocycles. The van der Waals surface area contributed by atoms with E-state index in [4.69, 9.17) is 4.98 Å². The minimum atomic E-state index is 0.00945. The van der Waals surface area contributed by atoms with Crippen molar-refractivity contribution in [1.29, 1.82) is 0 Å². The van der Waals surface area contributed by atoms with Gasteiger partial charge in [-0.25, -0.2) is 4.98 Å². The summed E-state index contributed by atoms with van der Waals surface area (Å²) in [5, 5.41) is 5.18. The van der Waals surface area contributed by atoms with E-state index >= 15 is 0 Å². The van der Waals surface area contributed by atoms with Gasteiger partial charge < -0.3 is 0 Å². The molecule has 1 unspecified atom stereocenters. The summed E-state index contributed by atoms with van der Waals surface area (Å²) in [7, 11) is 0. The molecule has 0 spiro atoms. The summed E-state index contributed by atoms with van der Waals surface area (Å²) < 4.78 is 1.78. The average molecular weight is 318 g/mol. The number of para-hydroxylation sites is 2. The second-order valence-corrected chi connectivity index (χ2v) is 6.05. The molecule has 0 amide bonds. The minimum absolute atomic E-state index is 0.00945. The molecule has 0 radical (unpaired) electrons. The standard InChI is InChI=1S/C19H18N4O/c1-13-11-12-17(22-21-14-7-3-2-4-8-14)18-20-16-10-6-5-9-15(16)19(24)23(13)18/h2-10,13,21H,11-12H2,1H3. The van der Waals surface area contributed by atoms with E-state index in [1.807, 2.05) is 54.6 Å². The maximum absolute atomic E-state index is 12.9. The van der Waals surface area contributed by atoms with Crippen molar-refractivity contribution < 1.29 is 0 Å². The van der Waals surface area contributed by atoms with E-state index in [1.54, 1.807) is 4.57 Å². The Morgan fingerprint density at radius 2 is 1.88 bits per heavy atom. The second-order valence-electron chi connectivity index (χ2n) is 6.05. The van der Waals surface area contributed by atoms with Gasteiger partial charge in [0.25, 0.3) is 5.56 Å². The lowest BCUT2D eigenvalue weighted by Gasteiger charge is -2.25. The second kappa shape index (κ2) is 5.92. The smallest absolute Gasteiger partial charge is 0.261 e. The summed E-state index contributed by atoms with van der Waals surface area (Å²) in [6.07, 6.45) is 1.67. The third-order valence-corrected chi connectivity index (χ3v) is 4.40. The molecule has 120 valence electrons. The van der Waals surface area contributed by atoms with Crippen LogP contribution in [0.25, 0.3) is 10.9 Å². The Morgan fingerprint density at radius 1 is 1.12 bits per heavy atom. The van der Waals surface area contributed by atoms with Crippen molar-refractivity contribution in [3.05, 3.63) is 70.8 Å². The van der Waals surface area contributed by atoms with Crippen LogP contribution < -0.4 is 11.0 Å². The van der Waals surface area contributed by atoms with Gasteiger partial charge >= 0.3 is 0 Å². The number of nitrogens with zero attached hydrogens (tertiary/aromatic N) is 3. The number of hydrogen-bond acceptors (Lipinski definition) is 4. The molecule has 5 nitrogen and oxygen atoms in total. The molecule has 2 aromatic carbocycles. The highest BCUT2D eigenvalue weighted by Crippen LogP contribution is 2.23. The SMILES string of the molecule is CC1CCC(=NNc2ccccc2)c2nc3ccccc3c(=O)n21. The maximum atomic E-state index is 12.9. The molecule has 0 aliphatic carbocycles. The monoisotopic (exact) mass is 318 g/mol. The van der Waals surface area contributed by atoms with E-state index in [2.05, 4.69) is 17.5 Å². The van der Waals surface area contributed by atoms with Gasteiger partial charge in [-0.3, -0.25) is 14.8 Å². The first kappa shape index (κ1) is 14.6. The Kier molecular flexibility index (Phi) is 3.61. The molecule has 0 saturated carbocycles. The molecular weight excluding hydrogens is 300 g/mol. The van der Waals surface area contributed by atoms with Crippen LogP contribution in [0.1, 0.15) is 31.6 Å². The molecule has 0 fully saturated rings. The van der Waals surface area contributed by atoms with Crippen LogP contribution in [-0.4, -0.2) is 15.3 Å². The van der Waals surface area contributed by atoms with Crippen molar-refractivity contribution in [2.45, 2.75) is 25.8 Å². The van der Waals surface area contributed by atoms with Crippen LogP contribution in [0.15, 0.2) is 64.5 Å². The number of nitrogens with one attached hydrogen (secondary N) is 1. The lowest BCUT2D eigenvalue weighted by Crippen LogP contribution is -2.34. The van der Waals surface area contributed by atoms with Crippen molar-refractivity contribution in [1.82, 2.24) is 9.55 Å². The lowest BCUT2D eigenvalue weighted by atomic mass is 10.0. The topological polar surface area (TPSA) is 59.3 Å². The molecule has 1 aliphatic heterocycles. The fraction of sp³-hybridized carbons (Fsp3) is 0.211. The average Bonchev–Trinajstić information content (AvgIpc) is 2.62. The first-order valence-electron chi connectivity index (χ1n) is 8.13. The van der Waals surface area contributed by atoms with Crippen LogP contribution in [0.2, 0.25) is 0 Å². The Labute approximate surface area is 139 Å². The number of anilines is 1. The van der Waals surface area contributed by atoms with Crippen LogP contribution in [0, 0.1) is 0 Å². The largest absolute Gasteiger partial charge is 0.288 e. The summed E-state index contributed by atoms with van der Waals surface area (Å²) in [5.41, 5.74) is 5.53. The maximum Gasteiger partial charge on any atom is 0.261 e. The molecule has 24 heavy (non-hydrogen) atoms. The molecule has 2 heterocycles. The van der Waals surface area contributed by atoms with Crippen molar-refractivity contribution in [2.24, 2.45) is 5.10 Å². The van der Waals surface area contributed by atoms with Crippen LogP contribution in [0.5, 0.6) is 0 Å². The first-order chi connectivity index (χ1) is 11.7. The van der Waals surface area contributed by atoms with Gasteiger partial charge in [-0.15, -0.1) is 0 Å². The van der Waals surface area contributed by atoms with E-state index in [-0.39, 0.29) is 11.6 Å². The zero-order valence-corrected chi connectivity index (χ0v) is 13.4. The summed E-state index contributed by atoms with van der Waals surface area (Å²) in [5.74, 6) is 0.667. The molecule has 1 N–H and O–H groups in total. The predicted molar refractivity (Wildman–Crippen MR) is 96.5 cm³/mol. The molecule has 0 bridgehead atoms. The fourth-order valence-electron chi connectivity index (χ4n) is 3.10. The molecule has 1 aliphatic rings. The van der Waals surface area contributed by atoms with Gasteiger partial charge in [0.15, 0.2) is 5.82 Å². The third kappa shape index (κ3) is 2.48. The quantitative estimate of drug-likeness (QED) is 0.735. The molecular formula is C19H18N4O. The van der Waals surface area contributed by atoms with Gasteiger partial charge in [-0.1, -0.05) is 30.3 Å². The Balaban J connectivity index is 1.84. The van der Waals surface area contributed by atoms with Crippen LogP contribution in [0.4, 0.5) is 5.69 Å². The highest BCUT2D eigenvalue weighted by atomic mass is 16.1. The van der Waals surface area contributed by atoms with Crippen molar-refractivity contribution in [2.75, 3.05) is 5.43 Å². The van der Waals surface area contributed by atoms with Crippen LogP contribution >= 0.6 is 0 Å². The van der Waals surface area contributed by atoms with E-state index in [9.17, 15) is 4.79 Å². The Morgan fingerprint density at radius 3 is 2.71 bits per heavy atom. The molecule has 5 heteroatoms. The molecule has 1 atom stereocenters. The van der Waals surface area contributed by atoms with Gasteiger partial charge in [0, 0.05) is 6.04 Å². The third-order valence-electron chi connectivity index (χ3n) is 4.40. The molecule has 4 rings (SSSR count). The van der Waals surface area contributed by atoms with Gasteiger partial charge in [-0.05, 0) is 44.0 Å². The summed E-state index contributed by atoms with van der Waals surface area (Å²) in [6, 6.07) is 17.4. The summed E-state index contributed by atoms with van der Waals surface area (Å²) >= 11 is 0. The molecule has 1 aromatic heterocycles. The predicted octanol–water partition coefficient (Wildman–Crippen LogP) is 3.57.